The van der Waals surface area contributed by atoms with E-state index < -0.39 is 5.41 Å². The van der Waals surface area contributed by atoms with E-state index in [9.17, 15) is 0 Å². The molecule has 2 heterocycles. The minimum atomic E-state index is -0.397. The molecule has 52 heavy (non-hydrogen) atoms. The maximum atomic E-state index is 5.56. The van der Waals surface area contributed by atoms with E-state index in [4.69, 9.17) is 9.97 Å². The fourth-order valence-corrected chi connectivity index (χ4v) is 8.81. The molecule has 1 aromatic heterocycles. The topological polar surface area (TPSA) is 29.0 Å². The smallest absolute Gasteiger partial charge is 0.231 e. The summed E-state index contributed by atoms with van der Waals surface area (Å²) in [5.41, 5.74) is 13.9. The molecule has 0 saturated carbocycles. The van der Waals surface area contributed by atoms with Crippen LogP contribution >= 0.6 is 0 Å². The molecule has 0 radical (unpaired) electrons. The normalized spacial score (nSPS) is 19.9. The zero-order valence-corrected chi connectivity index (χ0v) is 29.0. The van der Waals surface area contributed by atoms with Crippen molar-refractivity contribution in [2.75, 3.05) is 4.90 Å². The van der Waals surface area contributed by atoms with Crippen LogP contribution in [0.1, 0.15) is 47.2 Å². The lowest BCUT2D eigenvalue weighted by Gasteiger charge is -2.40. The largest absolute Gasteiger partial charge is 0.302 e. The highest BCUT2D eigenvalue weighted by atomic mass is 15.3. The van der Waals surface area contributed by atoms with Gasteiger partial charge < -0.3 is 4.90 Å². The molecule has 3 nitrogen and oxygen atoms in total. The van der Waals surface area contributed by atoms with Crippen molar-refractivity contribution in [2.24, 2.45) is 0 Å². The molecule has 3 heteroatoms. The van der Waals surface area contributed by atoms with Crippen LogP contribution < -0.4 is 4.90 Å². The van der Waals surface area contributed by atoms with Gasteiger partial charge in [0.1, 0.15) is 0 Å². The van der Waals surface area contributed by atoms with Crippen molar-refractivity contribution in [3.8, 4) is 22.3 Å². The summed E-state index contributed by atoms with van der Waals surface area (Å²) >= 11 is 0. The van der Waals surface area contributed by atoms with Crippen molar-refractivity contribution >= 4 is 28.1 Å². The molecule has 10 rings (SSSR count). The van der Waals surface area contributed by atoms with E-state index in [1.807, 2.05) is 0 Å². The number of benzene rings is 6. The summed E-state index contributed by atoms with van der Waals surface area (Å²) in [6.07, 6.45) is 12.2. The molecule has 0 N–H and O–H groups in total. The minimum absolute atomic E-state index is 0.0851. The first kappa shape index (κ1) is 30.5. The van der Waals surface area contributed by atoms with Crippen LogP contribution in [-0.4, -0.2) is 16.0 Å². The molecule has 3 aliphatic rings. The highest BCUT2D eigenvalue weighted by Crippen LogP contribution is 2.58. The number of nitrogens with zero attached hydrogens (tertiary/aromatic N) is 3. The summed E-state index contributed by atoms with van der Waals surface area (Å²) in [6, 6.07) is 54.7. The summed E-state index contributed by atoms with van der Waals surface area (Å²) in [5, 5.41) is 1.11. The second-order valence-corrected chi connectivity index (χ2v) is 14.2. The van der Waals surface area contributed by atoms with Crippen LogP contribution in [0, 0.1) is 0 Å². The van der Waals surface area contributed by atoms with E-state index in [0.29, 0.717) is 0 Å². The Morgan fingerprint density at radius 2 is 1.23 bits per heavy atom. The zero-order chi connectivity index (χ0) is 34.6. The molecular formula is C49H37N3. The van der Waals surface area contributed by atoms with Crippen LogP contribution in [0.2, 0.25) is 0 Å². The van der Waals surface area contributed by atoms with Gasteiger partial charge in [0, 0.05) is 22.4 Å². The number of allylic oxidation sites excluding steroid dienone is 4. The monoisotopic (exact) mass is 667 g/mol. The first-order valence-corrected chi connectivity index (χ1v) is 18.2. The fraction of sp³-hybridized carbons (Fsp3) is 0.102. The predicted octanol–water partition coefficient (Wildman–Crippen LogP) is 11.8. The first-order chi connectivity index (χ1) is 25.7. The molecule has 0 bridgehead atoms. The second kappa shape index (κ2) is 12.2. The molecule has 3 atom stereocenters. The van der Waals surface area contributed by atoms with Crippen molar-refractivity contribution in [1.82, 2.24) is 9.97 Å². The van der Waals surface area contributed by atoms with Gasteiger partial charge in [0.15, 0.2) is 0 Å². The van der Waals surface area contributed by atoms with Gasteiger partial charge in [-0.1, -0.05) is 164 Å². The molecule has 0 amide bonds. The van der Waals surface area contributed by atoms with E-state index in [-0.39, 0.29) is 12.0 Å². The second-order valence-electron chi connectivity index (χ2n) is 14.2. The zero-order valence-electron chi connectivity index (χ0n) is 29.0. The maximum Gasteiger partial charge on any atom is 0.231 e. The van der Waals surface area contributed by atoms with E-state index in [0.717, 1.165) is 34.7 Å². The van der Waals surface area contributed by atoms with Gasteiger partial charge in [-0.05, 0) is 81.6 Å². The number of anilines is 2. The average molecular weight is 668 g/mol. The minimum Gasteiger partial charge on any atom is -0.302 e. The Kier molecular flexibility index (Phi) is 7.14. The number of rotatable bonds is 5. The average Bonchev–Trinajstić information content (AvgIpc) is 3.48. The lowest BCUT2D eigenvalue weighted by molar-refractivity contribution is 0.525. The summed E-state index contributed by atoms with van der Waals surface area (Å²) in [7, 11) is 0. The lowest BCUT2D eigenvalue weighted by Crippen LogP contribution is -2.43. The van der Waals surface area contributed by atoms with E-state index >= 15 is 0 Å². The van der Waals surface area contributed by atoms with E-state index in [1.165, 1.54) is 50.1 Å². The Morgan fingerprint density at radius 3 is 1.94 bits per heavy atom. The molecule has 2 aliphatic carbocycles. The third-order valence-electron chi connectivity index (χ3n) is 11.3. The Bertz CT molecular complexity index is 2570. The van der Waals surface area contributed by atoms with E-state index in [1.54, 1.807) is 0 Å². The molecule has 3 unspecified atom stereocenters. The quantitative estimate of drug-likeness (QED) is 0.183. The summed E-state index contributed by atoms with van der Waals surface area (Å²) in [6.45, 7) is 2.43. The van der Waals surface area contributed by atoms with Crippen LogP contribution in [0.5, 0.6) is 0 Å². The molecule has 1 aliphatic heterocycles. The third kappa shape index (κ3) is 4.73. The number of aromatic nitrogens is 2. The Morgan fingerprint density at radius 1 is 0.596 bits per heavy atom. The Balaban J connectivity index is 1.30. The van der Waals surface area contributed by atoms with Crippen LogP contribution in [0.4, 0.5) is 11.6 Å². The Labute approximate surface area is 305 Å². The van der Waals surface area contributed by atoms with Gasteiger partial charge in [0.05, 0.1) is 17.3 Å². The van der Waals surface area contributed by atoms with Crippen molar-refractivity contribution in [1.29, 1.82) is 0 Å². The molecule has 0 fully saturated rings. The number of para-hydroxylation sites is 1. The SMILES string of the molecule is CC12c3ccccc3C(c3ccccc3)=CC1N(c1nc(C3C=CC=CC3)c3ccccc3n1)c1cc(-c3ccccc3)c(-c3ccccc3)cc12. The molecular weight excluding hydrogens is 631 g/mol. The van der Waals surface area contributed by atoms with Crippen molar-refractivity contribution in [3.63, 3.8) is 0 Å². The predicted molar refractivity (Wildman–Crippen MR) is 215 cm³/mol. The van der Waals surface area contributed by atoms with Crippen LogP contribution in [0.3, 0.4) is 0 Å². The highest BCUT2D eigenvalue weighted by Gasteiger charge is 2.53. The van der Waals surface area contributed by atoms with Crippen LogP contribution in [0.25, 0.3) is 38.7 Å². The van der Waals surface area contributed by atoms with E-state index in [2.05, 4.69) is 194 Å². The van der Waals surface area contributed by atoms with Gasteiger partial charge in [-0.15, -0.1) is 0 Å². The summed E-state index contributed by atoms with van der Waals surface area (Å²) < 4.78 is 0. The third-order valence-corrected chi connectivity index (χ3v) is 11.3. The summed E-state index contributed by atoms with van der Waals surface area (Å²) in [4.78, 5) is 13.4. The van der Waals surface area contributed by atoms with Crippen molar-refractivity contribution in [2.45, 2.75) is 30.7 Å². The number of hydrogen-bond donors (Lipinski definition) is 0. The maximum absolute atomic E-state index is 5.56. The van der Waals surface area contributed by atoms with Gasteiger partial charge >= 0.3 is 0 Å². The molecule has 7 aromatic rings. The van der Waals surface area contributed by atoms with Gasteiger partial charge in [-0.3, -0.25) is 0 Å². The standard InChI is InChI=1S/C49H37N3/c1-49-42-28-16-14-26-37(42)41(35-22-10-4-11-23-35)32-46(49)52(48-50-44-29-17-15-27-38(44)47(51-48)36-24-12-5-13-25-36)45-31-40(34-20-8-3-9-21-34)39(30-43(45)49)33-18-6-2-7-19-33/h2-24,26-32,36,46H,25H2,1H3. The van der Waals surface area contributed by atoms with Crippen LogP contribution in [-0.2, 0) is 5.41 Å². The number of hydrogen-bond acceptors (Lipinski definition) is 3. The lowest BCUT2D eigenvalue weighted by atomic mass is 9.65. The first-order valence-electron chi connectivity index (χ1n) is 18.2. The van der Waals surface area contributed by atoms with Crippen LogP contribution in [0.15, 0.2) is 182 Å². The number of fused-ring (bicyclic) bond motifs is 6. The van der Waals surface area contributed by atoms with Gasteiger partial charge in [-0.25, -0.2) is 9.97 Å². The van der Waals surface area contributed by atoms with Gasteiger partial charge in [0.25, 0.3) is 0 Å². The molecule has 6 aromatic carbocycles. The Hall–Kier alpha value is -6.32. The van der Waals surface area contributed by atoms with Crippen molar-refractivity contribution in [3.05, 3.63) is 210 Å². The van der Waals surface area contributed by atoms with Gasteiger partial charge in [0.2, 0.25) is 5.95 Å². The van der Waals surface area contributed by atoms with Gasteiger partial charge in [-0.2, -0.15) is 0 Å². The highest BCUT2D eigenvalue weighted by molar-refractivity contribution is 5.95. The molecule has 0 saturated heterocycles. The summed E-state index contributed by atoms with van der Waals surface area (Å²) in [5.74, 6) is 0.911. The molecule has 0 spiro atoms. The fourth-order valence-electron chi connectivity index (χ4n) is 8.81. The molecule has 248 valence electrons. The van der Waals surface area contributed by atoms with Crippen molar-refractivity contribution < 1.29 is 0 Å².